The second-order valence-electron chi connectivity index (χ2n) is 7.55. The Bertz CT molecular complexity index is 921. The van der Waals surface area contributed by atoms with Gasteiger partial charge in [0.15, 0.2) is 4.34 Å². The summed E-state index contributed by atoms with van der Waals surface area (Å²) in [5.74, 6) is -0.218. The molecule has 2 heterocycles. The van der Waals surface area contributed by atoms with Crippen molar-refractivity contribution < 1.29 is 14.3 Å². The van der Waals surface area contributed by atoms with Crippen molar-refractivity contribution in [2.45, 2.75) is 50.1 Å². The first-order valence-corrected chi connectivity index (χ1v) is 12.3. The van der Waals surface area contributed by atoms with Gasteiger partial charge in [0.2, 0.25) is 11.0 Å². The summed E-state index contributed by atoms with van der Waals surface area (Å²) in [6.07, 6.45) is 1.29. The first-order chi connectivity index (χ1) is 14.8. The highest BCUT2D eigenvalue weighted by molar-refractivity contribution is 8.02. The molecule has 3 rings (SSSR count). The summed E-state index contributed by atoms with van der Waals surface area (Å²) in [7, 11) is 0. The molecule has 2 aromatic rings. The van der Waals surface area contributed by atoms with Gasteiger partial charge in [0.05, 0.1) is 28.5 Å². The Balaban J connectivity index is 1.55. The minimum absolute atomic E-state index is 0.0504. The summed E-state index contributed by atoms with van der Waals surface area (Å²) in [6, 6.07) is 3.95. The zero-order valence-corrected chi connectivity index (χ0v) is 20.5. The van der Waals surface area contributed by atoms with Gasteiger partial charge in [-0.2, -0.15) is 0 Å². The maximum atomic E-state index is 12.8. The molecule has 0 saturated carbocycles. The number of hydrogen-bond acceptors (Lipinski definition) is 8. The highest BCUT2D eigenvalue weighted by Gasteiger charge is 2.30. The number of likely N-dealkylation sites (tertiary alicyclic amines) is 1. The molecular weight excluding hydrogens is 456 g/mol. The minimum atomic E-state index is -0.287. The van der Waals surface area contributed by atoms with Crippen molar-refractivity contribution >= 4 is 57.4 Å². The lowest BCUT2D eigenvalue weighted by atomic mass is 9.97. The van der Waals surface area contributed by atoms with Gasteiger partial charge >= 0.3 is 5.97 Å². The zero-order valence-electron chi connectivity index (χ0n) is 18.1. The number of nitrogens with one attached hydrogen (secondary N) is 1. The van der Waals surface area contributed by atoms with Crippen molar-refractivity contribution in [1.82, 2.24) is 15.1 Å². The number of rotatable bonds is 7. The smallest absolute Gasteiger partial charge is 0.309 e. The van der Waals surface area contributed by atoms with Crippen molar-refractivity contribution in [3.63, 3.8) is 0 Å². The molecule has 0 bridgehead atoms. The highest BCUT2D eigenvalue weighted by Crippen LogP contribution is 2.35. The Morgan fingerprint density at radius 1 is 1.32 bits per heavy atom. The van der Waals surface area contributed by atoms with Gasteiger partial charge in [0, 0.05) is 13.1 Å². The van der Waals surface area contributed by atoms with Gasteiger partial charge in [0.25, 0.3) is 0 Å². The lowest BCUT2D eigenvalue weighted by Gasteiger charge is -2.32. The van der Waals surface area contributed by atoms with Gasteiger partial charge in [-0.25, -0.2) is 0 Å². The van der Waals surface area contributed by atoms with Crippen LogP contribution in [-0.2, 0) is 14.3 Å². The Morgan fingerprint density at radius 3 is 2.68 bits per heavy atom. The first kappa shape index (κ1) is 23.8. The summed E-state index contributed by atoms with van der Waals surface area (Å²) in [5, 5.41) is 12.6. The van der Waals surface area contributed by atoms with Crippen LogP contribution in [0.3, 0.4) is 0 Å². The molecule has 1 N–H and O–H groups in total. The highest BCUT2D eigenvalue weighted by atomic mass is 35.5. The number of piperidine rings is 1. The van der Waals surface area contributed by atoms with Crippen LogP contribution in [0.25, 0.3) is 0 Å². The third kappa shape index (κ3) is 6.11. The van der Waals surface area contributed by atoms with E-state index in [9.17, 15) is 9.59 Å². The molecule has 0 aliphatic carbocycles. The number of carbonyl (C=O) groups excluding carboxylic acids is 2. The number of amides is 1. The molecule has 1 aliphatic heterocycles. The van der Waals surface area contributed by atoms with Crippen molar-refractivity contribution in [2.75, 3.05) is 25.0 Å². The number of halogens is 1. The van der Waals surface area contributed by atoms with Crippen molar-refractivity contribution in [3.8, 4) is 0 Å². The minimum Gasteiger partial charge on any atom is -0.466 e. The van der Waals surface area contributed by atoms with Crippen LogP contribution in [0, 0.1) is 19.8 Å². The second kappa shape index (κ2) is 10.7. The molecule has 168 valence electrons. The molecule has 31 heavy (non-hydrogen) atoms. The second-order valence-corrected chi connectivity index (χ2v) is 10.5. The van der Waals surface area contributed by atoms with E-state index < -0.39 is 0 Å². The Kier molecular flexibility index (Phi) is 8.18. The van der Waals surface area contributed by atoms with Gasteiger partial charge in [0.1, 0.15) is 0 Å². The maximum Gasteiger partial charge on any atom is 0.309 e. The molecule has 1 aromatic heterocycles. The molecule has 0 unspecified atom stereocenters. The van der Waals surface area contributed by atoms with Crippen LogP contribution < -0.4 is 5.32 Å². The molecular formula is C21H27ClN4O3S2. The van der Waals surface area contributed by atoms with Gasteiger partial charge < -0.3 is 15.0 Å². The fourth-order valence-corrected chi connectivity index (χ4v) is 5.90. The summed E-state index contributed by atoms with van der Waals surface area (Å²) >= 11 is 9.14. The number of thioether (sulfide) groups is 1. The number of nitrogens with zero attached hydrogens (tertiary/aromatic N) is 3. The van der Waals surface area contributed by atoms with Crippen molar-refractivity contribution in [1.29, 1.82) is 0 Å². The number of aryl methyl sites for hydroxylation is 2. The Labute approximate surface area is 195 Å². The third-order valence-corrected chi connectivity index (χ3v) is 7.43. The molecule has 1 aromatic carbocycles. The third-order valence-electron chi connectivity index (χ3n) is 5.12. The Morgan fingerprint density at radius 2 is 2.03 bits per heavy atom. The van der Waals surface area contributed by atoms with Crippen LogP contribution in [0.5, 0.6) is 0 Å². The fraction of sp³-hybridized carbons (Fsp3) is 0.524. The maximum absolute atomic E-state index is 12.8. The average Bonchev–Trinajstić information content (AvgIpc) is 3.17. The van der Waals surface area contributed by atoms with E-state index in [1.54, 1.807) is 6.92 Å². The summed E-state index contributed by atoms with van der Waals surface area (Å²) in [4.78, 5) is 26.5. The van der Waals surface area contributed by atoms with Gasteiger partial charge in [-0.05, 0) is 57.7 Å². The van der Waals surface area contributed by atoms with E-state index in [1.165, 1.54) is 23.1 Å². The van der Waals surface area contributed by atoms with E-state index in [1.807, 2.05) is 31.7 Å². The quantitative estimate of drug-likeness (QED) is 0.446. The van der Waals surface area contributed by atoms with Crippen molar-refractivity contribution in [2.24, 2.45) is 5.92 Å². The van der Waals surface area contributed by atoms with E-state index in [0.29, 0.717) is 47.0 Å². The SMILES string of the molecule is CCOC(=O)C1CCN(C(=O)[C@@H](C)Sc2nnc(Nc3c(C)cc(C)cc3Cl)s2)CC1. The molecule has 7 nitrogen and oxygen atoms in total. The zero-order chi connectivity index (χ0) is 22.5. The van der Waals surface area contributed by atoms with E-state index in [4.69, 9.17) is 16.3 Å². The predicted octanol–water partition coefficient (Wildman–Crippen LogP) is 4.83. The Hall–Kier alpha value is -1.84. The lowest BCUT2D eigenvalue weighted by molar-refractivity contribution is -0.151. The van der Waals surface area contributed by atoms with Crippen LogP contribution in [0.15, 0.2) is 16.5 Å². The van der Waals surface area contributed by atoms with E-state index in [0.717, 1.165) is 16.8 Å². The van der Waals surface area contributed by atoms with Crippen LogP contribution in [0.1, 0.15) is 37.8 Å². The topological polar surface area (TPSA) is 84.4 Å². The van der Waals surface area contributed by atoms with Crippen LogP contribution in [0.2, 0.25) is 5.02 Å². The number of hydrogen-bond donors (Lipinski definition) is 1. The fourth-order valence-electron chi connectivity index (χ4n) is 3.54. The summed E-state index contributed by atoms with van der Waals surface area (Å²) in [5.41, 5.74) is 2.94. The number of aromatic nitrogens is 2. The number of carbonyl (C=O) groups is 2. The molecule has 0 spiro atoms. The molecule has 1 amide bonds. The van der Waals surface area contributed by atoms with E-state index in [2.05, 4.69) is 21.6 Å². The monoisotopic (exact) mass is 482 g/mol. The average molecular weight is 483 g/mol. The van der Waals surface area contributed by atoms with E-state index in [-0.39, 0.29) is 23.0 Å². The molecule has 1 aliphatic rings. The normalized spacial score (nSPS) is 15.6. The van der Waals surface area contributed by atoms with Gasteiger partial charge in [-0.15, -0.1) is 10.2 Å². The number of esters is 1. The molecule has 10 heteroatoms. The molecule has 1 fully saturated rings. The summed E-state index contributed by atoms with van der Waals surface area (Å²) < 4.78 is 5.81. The molecule has 1 saturated heterocycles. The van der Waals surface area contributed by atoms with Crippen molar-refractivity contribution in [3.05, 3.63) is 28.3 Å². The molecule has 1 atom stereocenters. The largest absolute Gasteiger partial charge is 0.466 e. The number of benzene rings is 1. The van der Waals surface area contributed by atoms with E-state index >= 15 is 0 Å². The van der Waals surface area contributed by atoms with Gasteiger partial charge in [-0.3, -0.25) is 9.59 Å². The van der Waals surface area contributed by atoms with Crippen LogP contribution in [0.4, 0.5) is 10.8 Å². The number of anilines is 2. The standard InChI is InChI=1S/C21H27ClN4O3S2/c1-5-29-19(28)15-6-8-26(9-7-15)18(27)14(4)30-21-25-24-20(31-21)23-17-13(3)10-12(2)11-16(17)22/h10-11,14-15H,5-9H2,1-4H3,(H,23,24)/t14-/m1/s1. The lowest BCUT2D eigenvalue weighted by Crippen LogP contribution is -2.43. The summed E-state index contributed by atoms with van der Waals surface area (Å²) in [6.45, 7) is 9.20. The van der Waals surface area contributed by atoms with Gasteiger partial charge in [-0.1, -0.05) is 40.8 Å². The van der Waals surface area contributed by atoms with Crippen LogP contribution >= 0.6 is 34.7 Å². The number of ether oxygens (including phenoxy) is 1. The predicted molar refractivity (Wildman–Crippen MR) is 125 cm³/mol. The van der Waals surface area contributed by atoms with Crippen LogP contribution in [-0.4, -0.2) is 51.9 Å². The first-order valence-electron chi connectivity index (χ1n) is 10.3. The molecule has 0 radical (unpaired) electrons.